The molecule has 0 fully saturated rings. The SMILES string of the molecule is Cc1ccc(C)c(SCC(=O)NCCCn2cnc3ccccc32)c1. The first-order valence-corrected chi connectivity index (χ1v) is 9.48. The molecule has 0 bridgehead atoms. The van der Waals surface area contributed by atoms with Gasteiger partial charge in [-0.3, -0.25) is 4.79 Å². The molecule has 0 atom stereocenters. The number of carbonyl (C=O) groups excluding carboxylic acids is 1. The summed E-state index contributed by atoms with van der Waals surface area (Å²) in [7, 11) is 0. The summed E-state index contributed by atoms with van der Waals surface area (Å²) in [5, 5.41) is 3.00. The highest BCUT2D eigenvalue weighted by atomic mass is 32.2. The van der Waals surface area contributed by atoms with Gasteiger partial charge in [-0.1, -0.05) is 29.8 Å². The number of nitrogens with zero attached hydrogens (tertiary/aromatic N) is 2. The Bertz CT molecular complexity index is 872. The van der Waals surface area contributed by atoms with E-state index in [-0.39, 0.29) is 5.91 Å². The van der Waals surface area contributed by atoms with Crippen LogP contribution in [0.2, 0.25) is 0 Å². The van der Waals surface area contributed by atoms with Crippen LogP contribution in [0.4, 0.5) is 0 Å². The van der Waals surface area contributed by atoms with Crippen LogP contribution in [0.3, 0.4) is 0 Å². The minimum atomic E-state index is 0.0846. The molecule has 1 heterocycles. The van der Waals surface area contributed by atoms with E-state index in [9.17, 15) is 4.79 Å². The van der Waals surface area contributed by atoms with Crippen molar-refractivity contribution in [2.24, 2.45) is 0 Å². The van der Waals surface area contributed by atoms with Crippen molar-refractivity contribution in [1.29, 1.82) is 0 Å². The summed E-state index contributed by atoms with van der Waals surface area (Å²) in [6, 6.07) is 14.4. The third kappa shape index (κ3) is 4.63. The van der Waals surface area contributed by atoms with Crippen molar-refractivity contribution in [2.45, 2.75) is 31.7 Å². The molecular formula is C20H23N3OS. The van der Waals surface area contributed by atoms with Crippen LogP contribution in [0.5, 0.6) is 0 Å². The molecular weight excluding hydrogens is 330 g/mol. The van der Waals surface area contributed by atoms with Crippen LogP contribution < -0.4 is 5.32 Å². The molecule has 0 unspecified atom stereocenters. The van der Waals surface area contributed by atoms with Gasteiger partial charge >= 0.3 is 0 Å². The number of hydrogen-bond donors (Lipinski definition) is 1. The Balaban J connectivity index is 1.41. The van der Waals surface area contributed by atoms with Crippen LogP contribution >= 0.6 is 11.8 Å². The van der Waals surface area contributed by atoms with Gasteiger partial charge in [-0.2, -0.15) is 0 Å². The van der Waals surface area contributed by atoms with E-state index in [0.29, 0.717) is 12.3 Å². The fourth-order valence-electron chi connectivity index (χ4n) is 2.72. The predicted octanol–water partition coefficient (Wildman–Crippen LogP) is 3.95. The highest BCUT2D eigenvalue weighted by Gasteiger charge is 2.06. The number of aryl methyl sites for hydroxylation is 3. The zero-order valence-electron chi connectivity index (χ0n) is 14.7. The van der Waals surface area contributed by atoms with E-state index in [1.165, 1.54) is 16.0 Å². The molecule has 5 heteroatoms. The van der Waals surface area contributed by atoms with Crippen molar-refractivity contribution >= 4 is 28.7 Å². The molecule has 0 saturated carbocycles. The minimum absolute atomic E-state index is 0.0846. The molecule has 3 aromatic rings. The van der Waals surface area contributed by atoms with E-state index in [2.05, 4.69) is 53.0 Å². The summed E-state index contributed by atoms with van der Waals surface area (Å²) in [5.74, 6) is 0.541. The van der Waals surface area contributed by atoms with Gasteiger partial charge in [0.1, 0.15) is 0 Å². The minimum Gasteiger partial charge on any atom is -0.355 e. The van der Waals surface area contributed by atoms with Gasteiger partial charge < -0.3 is 9.88 Å². The molecule has 3 rings (SSSR count). The zero-order chi connectivity index (χ0) is 17.6. The van der Waals surface area contributed by atoms with Crippen LogP contribution in [0.15, 0.2) is 53.7 Å². The molecule has 1 N–H and O–H groups in total. The van der Waals surface area contributed by atoms with E-state index in [0.717, 1.165) is 24.0 Å². The van der Waals surface area contributed by atoms with Gasteiger partial charge in [0.2, 0.25) is 5.91 Å². The standard InChI is InChI=1S/C20H23N3OS/c1-15-8-9-16(2)19(12-15)25-13-20(24)21-10-5-11-23-14-22-17-6-3-4-7-18(17)23/h3-4,6-9,12,14H,5,10-11,13H2,1-2H3,(H,21,24). The van der Waals surface area contributed by atoms with E-state index in [1.54, 1.807) is 11.8 Å². The molecule has 1 amide bonds. The highest BCUT2D eigenvalue weighted by Crippen LogP contribution is 2.23. The Kier molecular flexibility index (Phi) is 5.76. The number of hydrogen-bond acceptors (Lipinski definition) is 3. The lowest BCUT2D eigenvalue weighted by Crippen LogP contribution is -2.26. The van der Waals surface area contributed by atoms with Crippen LogP contribution in [-0.2, 0) is 11.3 Å². The monoisotopic (exact) mass is 353 g/mol. The maximum Gasteiger partial charge on any atom is 0.230 e. The van der Waals surface area contributed by atoms with Gasteiger partial charge in [0.05, 0.1) is 23.1 Å². The Morgan fingerprint density at radius 2 is 2.04 bits per heavy atom. The van der Waals surface area contributed by atoms with E-state index < -0.39 is 0 Å². The first-order chi connectivity index (χ1) is 12.1. The van der Waals surface area contributed by atoms with Crippen LogP contribution in [0, 0.1) is 13.8 Å². The van der Waals surface area contributed by atoms with Gasteiger partial charge in [-0.25, -0.2) is 4.98 Å². The maximum atomic E-state index is 12.0. The maximum absolute atomic E-state index is 12.0. The first-order valence-electron chi connectivity index (χ1n) is 8.50. The fourth-order valence-corrected chi connectivity index (χ4v) is 3.68. The van der Waals surface area contributed by atoms with E-state index >= 15 is 0 Å². The highest BCUT2D eigenvalue weighted by molar-refractivity contribution is 8.00. The lowest BCUT2D eigenvalue weighted by molar-refractivity contribution is -0.118. The van der Waals surface area contributed by atoms with Gasteiger partial charge in [0.25, 0.3) is 0 Å². The van der Waals surface area contributed by atoms with Crippen LogP contribution in [-0.4, -0.2) is 27.8 Å². The third-order valence-corrected chi connectivity index (χ3v) is 5.29. The average Bonchev–Trinajstić information content (AvgIpc) is 3.03. The van der Waals surface area contributed by atoms with E-state index in [1.807, 2.05) is 24.5 Å². The van der Waals surface area contributed by atoms with Gasteiger partial charge in [-0.05, 0) is 44.0 Å². The molecule has 0 aliphatic rings. The lowest BCUT2D eigenvalue weighted by atomic mass is 10.2. The topological polar surface area (TPSA) is 46.9 Å². The van der Waals surface area contributed by atoms with Crippen molar-refractivity contribution in [3.63, 3.8) is 0 Å². The molecule has 25 heavy (non-hydrogen) atoms. The van der Waals surface area contributed by atoms with Crippen LogP contribution in [0.25, 0.3) is 11.0 Å². The van der Waals surface area contributed by atoms with Crippen molar-refractivity contribution in [3.05, 3.63) is 59.9 Å². The molecule has 0 aliphatic carbocycles. The van der Waals surface area contributed by atoms with Gasteiger partial charge in [0.15, 0.2) is 0 Å². The number of fused-ring (bicyclic) bond motifs is 1. The summed E-state index contributed by atoms with van der Waals surface area (Å²) < 4.78 is 2.13. The quantitative estimate of drug-likeness (QED) is 0.517. The normalized spacial score (nSPS) is 11.0. The van der Waals surface area contributed by atoms with Crippen molar-refractivity contribution < 1.29 is 4.79 Å². The summed E-state index contributed by atoms with van der Waals surface area (Å²) in [4.78, 5) is 17.6. The third-order valence-electron chi connectivity index (χ3n) is 4.13. The van der Waals surface area contributed by atoms with Crippen molar-refractivity contribution in [1.82, 2.24) is 14.9 Å². The average molecular weight is 353 g/mol. The smallest absolute Gasteiger partial charge is 0.230 e. The molecule has 130 valence electrons. The second-order valence-corrected chi connectivity index (χ2v) is 7.20. The lowest BCUT2D eigenvalue weighted by Gasteiger charge is -2.08. The number of thioether (sulfide) groups is 1. The number of benzene rings is 2. The molecule has 2 aromatic carbocycles. The van der Waals surface area contributed by atoms with Gasteiger partial charge in [0, 0.05) is 18.0 Å². The Morgan fingerprint density at radius 3 is 2.92 bits per heavy atom. The molecule has 0 saturated heterocycles. The largest absolute Gasteiger partial charge is 0.355 e. The molecule has 1 aromatic heterocycles. The summed E-state index contributed by atoms with van der Waals surface area (Å²) in [6.45, 7) is 5.68. The number of amides is 1. The first kappa shape index (κ1) is 17.5. The molecule has 4 nitrogen and oxygen atoms in total. The van der Waals surface area contributed by atoms with Gasteiger partial charge in [-0.15, -0.1) is 11.8 Å². The predicted molar refractivity (Wildman–Crippen MR) is 104 cm³/mol. The van der Waals surface area contributed by atoms with Crippen molar-refractivity contribution in [3.8, 4) is 0 Å². The number of imidazole rings is 1. The number of nitrogens with one attached hydrogen (secondary N) is 1. The number of para-hydroxylation sites is 2. The number of aromatic nitrogens is 2. The second kappa shape index (κ2) is 8.21. The Morgan fingerprint density at radius 1 is 1.20 bits per heavy atom. The Hall–Kier alpha value is -2.27. The number of carbonyl (C=O) groups is 1. The summed E-state index contributed by atoms with van der Waals surface area (Å²) in [6.07, 6.45) is 2.75. The van der Waals surface area contributed by atoms with E-state index in [4.69, 9.17) is 0 Å². The molecule has 0 spiro atoms. The second-order valence-electron chi connectivity index (χ2n) is 6.19. The van der Waals surface area contributed by atoms with Crippen LogP contribution in [0.1, 0.15) is 17.5 Å². The zero-order valence-corrected chi connectivity index (χ0v) is 15.5. The fraction of sp³-hybridized carbons (Fsp3) is 0.300. The molecule has 0 radical (unpaired) electrons. The molecule has 0 aliphatic heterocycles. The van der Waals surface area contributed by atoms with Crippen molar-refractivity contribution in [2.75, 3.05) is 12.3 Å². The summed E-state index contributed by atoms with van der Waals surface area (Å²) in [5.41, 5.74) is 4.59. The number of rotatable bonds is 7. The Labute approximate surface area is 152 Å². The summed E-state index contributed by atoms with van der Waals surface area (Å²) >= 11 is 1.60.